The predicted molar refractivity (Wildman–Crippen MR) is 88.3 cm³/mol. The van der Waals surface area contributed by atoms with Gasteiger partial charge in [-0.05, 0) is 37.3 Å². The third-order valence-electron chi connectivity index (χ3n) is 5.69. The van der Waals surface area contributed by atoms with Crippen molar-refractivity contribution < 1.29 is 18.7 Å². The van der Waals surface area contributed by atoms with Crippen molar-refractivity contribution in [2.75, 3.05) is 0 Å². The molecule has 0 radical (unpaired) electrons. The van der Waals surface area contributed by atoms with E-state index in [9.17, 15) is 18.7 Å². The molecule has 2 fully saturated rings. The lowest BCUT2D eigenvalue weighted by Crippen LogP contribution is -2.42. The molecular weight excluding hydrogens is 328 g/mol. The largest absolute Gasteiger partial charge is 0.480 e. The number of hydrogen-bond acceptors (Lipinski definition) is 3. The SMILES string of the molecule is O=C(O)C1CC2CCCCC2N1Cc1nc2ccccc2n1C(F)F. The van der Waals surface area contributed by atoms with Crippen LogP contribution in [0.5, 0.6) is 0 Å². The fourth-order valence-corrected chi connectivity index (χ4v) is 4.61. The average molecular weight is 349 g/mol. The average Bonchev–Trinajstić information content (AvgIpc) is 3.13. The molecule has 3 atom stereocenters. The number of aliphatic carboxylic acids is 1. The van der Waals surface area contributed by atoms with Crippen LogP contribution in [-0.4, -0.2) is 37.6 Å². The monoisotopic (exact) mass is 349 g/mol. The van der Waals surface area contributed by atoms with Crippen molar-refractivity contribution in [3.8, 4) is 0 Å². The van der Waals surface area contributed by atoms with E-state index in [-0.39, 0.29) is 18.4 Å². The number of likely N-dealkylation sites (tertiary alicyclic amines) is 1. The summed E-state index contributed by atoms with van der Waals surface area (Å²) in [6.45, 7) is -2.55. The number of halogens is 2. The number of fused-ring (bicyclic) bond motifs is 2. The number of aromatic nitrogens is 2. The smallest absolute Gasteiger partial charge is 0.320 e. The summed E-state index contributed by atoms with van der Waals surface area (Å²) in [5.74, 6) is -0.276. The van der Waals surface area contributed by atoms with Crippen molar-refractivity contribution >= 4 is 17.0 Å². The molecule has 2 aliphatic rings. The van der Waals surface area contributed by atoms with Crippen LogP contribution in [0, 0.1) is 5.92 Å². The van der Waals surface area contributed by atoms with Gasteiger partial charge in [-0.3, -0.25) is 14.3 Å². The van der Waals surface area contributed by atoms with Gasteiger partial charge in [0.1, 0.15) is 11.9 Å². The minimum absolute atomic E-state index is 0.150. The van der Waals surface area contributed by atoms with Gasteiger partial charge in [-0.15, -0.1) is 0 Å². The first-order chi connectivity index (χ1) is 12.1. The molecule has 5 nitrogen and oxygen atoms in total. The van der Waals surface area contributed by atoms with E-state index >= 15 is 0 Å². The summed E-state index contributed by atoms with van der Waals surface area (Å²) in [5, 5.41) is 9.61. The Labute approximate surface area is 144 Å². The topological polar surface area (TPSA) is 58.4 Å². The van der Waals surface area contributed by atoms with Crippen LogP contribution < -0.4 is 0 Å². The maximum absolute atomic E-state index is 13.6. The van der Waals surface area contributed by atoms with Crippen molar-refractivity contribution in [2.24, 2.45) is 5.92 Å². The zero-order valence-corrected chi connectivity index (χ0v) is 13.8. The van der Waals surface area contributed by atoms with E-state index in [0.717, 1.165) is 30.3 Å². The number of hydrogen-bond donors (Lipinski definition) is 1. The van der Waals surface area contributed by atoms with Crippen LogP contribution in [0.25, 0.3) is 11.0 Å². The second-order valence-corrected chi connectivity index (χ2v) is 7.04. The summed E-state index contributed by atoms with van der Waals surface area (Å²) in [4.78, 5) is 18.0. The van der Waals surface area contributed by atoms with E-state index in [0.29, 0.717) is 23.4 Å². The van der Waals surface area contributed by atoms with Gasteiger partial charge in [0.2, 0.25) is 0 Å². The van der Waals surface area contributed by atoms with Crippen molar-refractivity contribution in [1.29, 1.82) is 0 Å². The molecule has 0 bridgehead atoms. The van der Waals surface area contributed by atoms with E-state index < -0.39 is 18.6 Å². The van der Waals surface area contributed by atoms with Gasteiger partial charge in [0.15, 0.2) is 0 Å². The predicted octanol–water partition coefficient (Wildman–Crippen LogP) is 3.65. The molecule has 7 heteroatoms. The molecule has 1 saturated carbocycles. The summed E-state index contributed by atoms with van der Waals surface area (Å²) in [6, 6.07) is 6.35. The highest BCUT2D eigenvalue weighted by molar-refractivity contribution is 5.76. The molecule has 2 aromatic rings. The van der Waals surface area contributed by atoms with Crippen molar-refractivity contribution in [1.82, 2.24) is 14.5 Å². The van der Waals surface area contributed by atoms with Gasteiger partial charge in [0, 0.05) is 6.04 Å². The van der Waals surface area contributed by atoms with Gasteiger partial charge in [-0.2, -0.15) is 8.78 Å². The molecule has 1 saturated heterocycles. The molecule has 0 amide bonds. The van der Waals surface area contributed by atoms with E-state index in [1.807, 2.05) is 4.90 Å². The molecule has 3 unspecified atom stereocenters. The maximum atomic E-state index is 13.6. The van der Waals surface area contributed by atoms with Gasteiger partial charge in [-0.25, -0.2) is 4.98 Å². The summed E-state index contributed by atoms with van der Waals surface area (Å²) in [6.07, 6.45) is 4.75. The Bertz CT molecular complexity index is 792. The molecular formula is C18H21F2N3O2. The number of imidazole rings is 1. The molecule has 1 aromatic heterocycles. The lowest BCUT2D eigenvalue weighted by atomic mass is 9.85. The van der Waals surface area contributed by atoms with E-state index in [1.54, 1.807) is 24.3 Å². The number of benzene rings is 1. The van der Waals surface area contributed by atoms with E-state index in [1.165, 1.54) is 0 Å². The first-order valence-corrected chi connectivity index (χ1v) is 8.79. The van der Waals surface area contributed by atoms with Gasteiger partial charge >= 0.3 is 12.5 Å². The van der Waals surface area contributed by atoms with Gasteiger partial charge < -0.3 is 5.11 Å². The van der Waals surface area contributed by atoms with Crippen LogP contribution in [0.1, 0.15) is 44.5 Å². The molecule has 134 valence electrons. The van der Waals surface area contributed by atoms with Gasteiger partial charge in [0.25, 0.3) is 0 Å². The van der Waals surface area contributed by atoms with Crippen LogP contribution in [-0.2, 0) is 11.3 Å². The van der Waals surface area contributed by atoms with Crippen LogP contribution in [0.4, 0.5) is 8.78 Å². The molecule has 2 heterocycles. The minimum atomic E-state index is -2.70. The Morgan fingerprint density at radius 2 is 2.04 bits per heavy atom. The third-order valence-corrected chi connectivity index (χ3v) is 5.69. The van der Waals surface area contributed by atoms with Gasteiger partial charge in [0.05, 0.1) is 17.6 Å². The first kappa shape index (κ1) is 16.4. The Kier molecular flexibility index (Phi) is 4.19. The first-order valence-electron chi connectivity index (χ1n) is 8.79. The number of para-hydroxylation sites is 2. The highest BCUT2D eigenvalue weighted by atomic mass is 19.3. The number of carboxylic acid groups (broad SMARTS) is 1. The van der Waals surface area contributed by atoms with Crippen LogP contribution >= 0.6 is 0 Å². The summed E-state index contributed by atoms with van der Waals surface area (Å²) < 4.78 is 28.2. The quantitative estimate of drug-likeness (QED) is 0.915. The zero-order chi connectivity index (χ0) is 17.6. The maximum Gasteiger partial charge on any atom is 0.320 e. The summed E-state index contributed by atoms with van der Waals surface area (Å²) >= 11 is 0. The molecule has 25 heavy (non-hydrogen) atoms. The number of carboxylic acids is 1. The Balaban J connectivity index is 1.71. The lowest BCUT2D eigenvalue weighted by molar-refractivity contribution is -0.143. The second kappa shape index (κ2) is 6.37. The molecule has 1 N–H and O–H groups in total. The normalized spacial score (nSPS) is 27.1. The van der Waals surface area contributed by atoms with Crippen molar-refractivity contribution in [3.63, 3.8) is 0 Å². The lowest BCUT2D eigenvalue weighted by Gasteiger charge is -2.32. The fraction of sp³-hybridized carbons (Fsp3) is 0.556. The molecule has 0 spiro atoms. The summed E-state index contributed by atoms with van der Waals surface area (Å²) in [5.41, 5.74) is 0.905. The Morgan fingerprint density at radius 3 is 2.80 bits per heavy atom. The fourth-order valence-electron chi connectivity index (χ4n) is 4.61. The van der Waals surface area contributed by atoms with Gasteiger partial charge in [-0.1, -0.05) is 25.0 Å². The third kappa shape index (κ3) is 2.80. The Morgan fingerprint density at radius 1 is 1.28 bits per heavy atom. The number of rotatable bonds is 4. The number of alkyl halides is 2. The standard InChI is InChI=1S/C18H21F2N3O2/c19-18(20)23-14-8-4-2-6-12(14)21-16(23)10-22-13-7-3-1-5-11(13)9-15(22)17(24)25/h2,4,6,8,11,13,15,18H,1,3,5,7,9-10H2,(H,24,25). The second-order valence-electron chi connectivity index (χ2n) is 7.04. The van der Waals surface area contributed by atoms with Crippen LogP contribution in [0.2, 0.25) is 0 Å². The van der Waals surface area contributed by atoms with Crippen LogP contribution in [0.3, 0.4) is 0 Å². The van der Waals surface area contributed by atoms with E-state index in [4.69, 9.17) is 0 Å². The number of carbonyl (C=O) groups is 1. The molecule has 1 aliphatic heterocycles. The summed E-state index contributed by atoms with van der Waals surface area (Å²) in [7, 11) is 0. The van der Waals surface area contributed by atoms with E-state index in [2.05, 4.69) is 4.98 Å². The highest BCUT2D eigenvalue weighted by Gasteiger charge is 2.45. The molecule has 1 aromatic carbocycles. The van der Waals surface area contributed by atoms with Crippen molar-refractivity contribution in [2.45, 2.75) is 57.3 Å². The van der Waals surface area contributed by atoms with Crippen molar-refractivity contribution in [3.05, 3.63) is 30.1 Å². The highest BCUT2D eigenvalue weighted by Crippen LogP contribution is 2.41. The molecule has 4 rings (SSSR count). The minimum Gasteiger partial charge on any atom is -0.480 e. The molecule has 1 aliphatic carbocycles. The Hall–Kier alpha value is -2.02. The number of nitrogens with zero attached hydrogens (tertiary/aromatic N) is 3. The zero-order valence-electron chi connectivity index (χ0n) is 13.8. The van der Waals surface area contributed by atoms with Crippen LogP contribution in [0.15, 0.2) is 24.3 Å².